The number of anilines is 1. The third kappa shape index (κ3) is 3.97. The molecule has 4 heteroatoms. The van der Waals surface area contributed by atoms with Crippen molar-refractivity contribution in [1.29, 1.82) is 0 Å². The van der Waals surface area contributed by atoms with Gasteiger partial charge in [-0.3, -0.25) is 0 Å². The lowest BCUT2D eigenvalue weighted by atomic mass is 9.99. The largest absolute Gasteiger partial charge is 0.351 e. The molecule has 1 unspecified atom stereocenters. The van der Waals surface area contributed by atoms with E-state index < -0.39 is 6.03 Å². The maximum atomic E-state index is 10.8. The Bertz CT molecular complexity index is 451. The molecule has 1 aromatic carbocycles. The van der Waals surface area contributed by atoms with Crippen LogP contribution in [0.15, 0.2) is 24.3 Å². The molecule has 0 saturated heterocycles. The molecule has 110 valence electrons. The van der Waals surface area contributed by atoms with Crippen molar-refractivity contribution < 1.29 is 4.79 Å². The fourth-order valence-corrected chi connectivity index (χ4v) is 2.71. The number of primary amides is 1. The van der Waals surface area contributed by atoms with Gasteiger partial charge in [0.05, 0.1) is 0 Å². The highest BCUT2D eigenvalue weighted by Crippen LogP contribution is 2.49. The number of benzene rings is 1. The Labute approximate surface area is 121 Å². The van der Waals surface area contributed by atoms with Crippen molar-refractivity contribution in [3.05, 3.63) is 29.8 Å². The molecule has 2 rings (SSSR count). The summed E-state index contributed by atoms with van der Waals surface area (Å²) in [6.07, 6.45) is 5.32. The van der Waals surface area contributed by atoms with E-state index in [1.165, 1.54) is 31.2 Å². The van der Waals surface area contributed by atoms with Crippen LogP contribution >= 0.6 is 0 Å². The van der Waals surface area contributed by atoms with Crippen LogP contribution in [0.5, 0.6) is 0 Å². The van der Waals surface area contributed by atoms with E-state index >= 15 is 0 Å². The summed E-state index contributed by atoms with van der Waals surface area (Å²) in [5.74, 6) is 0. The number of hydrogen-bond acceptors (Lipinski definition) is 2. The first kappa shape index (κ1) is 14.9. The number of carbonyl (C=O) groups excluding carboxylic acids is 1. The van der Waals surface area contributed by atoms with Gasteiger partial charge >= 0.3 is 6.03 Å². The average molecular weight is 275 g/mol. The van der Waals surface area contributed by atoms with Crippen LogP contribution in [0.1, 0.15) is 51.1 Å². The molecule has 1 aliphatic carbocycles. The van der Waals surface area contributed by atoms with Crippen molar-refractivity contribution in [2.75, 3.05) is 11.9 Å². The van der Waals surface area contributed by atoms with Gasteiger partial charge in [-0.1, -0.05) is 25.5 Å². The van der Waals surface area contributed by atoms with E-state index in [-0.39, 0.29) is 0 Å². The molecule has 4 nitrogen and oxygen atoms in total. The Kier molecular flexibility index (Phi) is 4.65. The van der Waals surface area contributed by atoms with E-state index in [1.807, 2.05) is 24.3 Å². The Balaban J connectivity index is 1.86. The predicted molar refractivity (Wildman–Crippen MR) is 82.6 cm³/mol. The predicted octanol–water partition coefficient (Wildman–Crippen LogP) is 3.41. The van der Waals surface area contributed by atoms with Crippen molar-refractivity contribution in [2.24, 2.45) is 11.1 Å². The molecule has 1 saturated carbocycles. The highest BCUT2D eigenvalue weighted by molar-refractivity contribution is 5.87. The molecule has 0 radical (unpaired) electrons. The maximum Gasteiger partial charge on any atom is 0.316 e. The van der Waals surface area contributed by atoms with Gasteiger partial charge in [-0.2, -0.15) is 0 Å². The van der Waals surface area contributed by atoms with Crippen LogP contribution in [0.2, 0.25) is 0 Å². The van der Waals surface area contributed by atoms with E-state index in [2.05, 4.69) is 24.5 Å². The van der Waals surface area contributed by atoms with Gasteiger partial charge < -0.3 is 16.4 Å². The zero-order valence-electron chi connectivity index (χ0n) is 12.4. The fourth-order valence-electron chi connectivity index (χ4n) is 2.71. The summed E-state index contributed by atoms with van der Waals surface area (Å²) in [6.45, 7) is 5.54. The van der Waals surface area contributed by atoms with E-state index in [1.54, 1.807) is 0 Å². The molecule has 0 heterocycles. The van der Waals surface area contributed by atoms with Gasteiger partial charge in [0.25, 0.3) is 0 Å². The van der Waals surface area contributed by atoms with Crippen molar-refractivity contribution in [3.63, 3.8) is 0 Å². The molecule has 2 amide bonds. The monoisotopic (exact) mass is 275 g/mol. The second-order valence-electron chi connectivity index (χ2n) is 5.96. The van der Waals surface area contributed by atoms with E-state index in [0.717, 1.165) is 12.2 Å². The molecule has 1 aromatic rings. The highest BCUT2D eigenvalue weighted by Gasteiger charge is 2.41. The van der Waals surface area contributed by atoms with Gasteiger partial charge in [-0.25, -0.2) is 4.79 Å². The standard InChI is InChI=1S/C16H25N3O/c1-3-8-16(9-10-16)11-18-12(2)13-4-6-14(7-5-13)19-15(17)20/h4-7,12,18H,3,8-11H2,1-2H3,(H3,17,19,20). The number of nitrogens with one attached hydrogen (secondary N) is 2. The lowest BCUT2D eigenvalue weighted by Crippen LogP contribution is -2.26. The van der Waals surface area contributed by atoms with Crippen LogP contribution < -0.4 is 16.4 Å². The number of amides is 2. The third-order valence-corrected chi connectivity index (χ3v) is 4.20. The molecule has 1 atom stereocenters. The summed E-state index contributed by atoms with van der Waals surface area (Å²) in [4.78, 5) is 10.8. The van der Waals surface area contributed by atoms with E-state index in [9.17, 15) is 4.79 Å². The van der Waals surface area contributed by atoms with Crippen molar-refractivity contribution in [2.45, 2.75) is 45.6 Å². The molecule has 0 bridgehead atoms. The van der Waals surface area contributed by atoms with Gasteiger partial charge in [0.1, 0.15) is 0 Å². The minimum absolute atomic E-state index is 0.326. The maximum absolute atomic E-state index is 10.8. The zero-order valence-corrected chi connectivity index (χ0v) is 12.4. The second kappa shape index (κ2) is 6.27. The van der Waals surface area contributed by atoms with Crippen LogP contribution in [0.25, 0.3) is 0 Å². The normalized spacial score (nSPS) is 17.5. The van der Waals surface area contributed by atoms with Crippen molar-refractivity contribution in [1.82, 2.24) is 5.32 Å². The van der Waals surface area contributed by atoms with Gasteiger partial charge in [0, 0.05) is 18.3 Å². The molecular weight excluding hydrogens is 250 g/mol. The quantitative estimate of drug-likeness (QED) is 0.714. The number of rotatable bonds is 7. The third-order valence-electron chi connectivity index (χ3n) is 4.20. The fraction of sp³-hybridized carbons (Fsp3) is 0.562. The number of carbonyl (C=O) groups is 1. The molecule has 1 aliphatic rings. The van der Waals surface area contributed by atoms with Crippen LogP contribution in [0.3, 0.4) is 0 Å². The average Bonchev–Trinajstić information content (AvgIpc) is 3.17. The summed E-state index contributed by atoms with van der Waals surface area (Å²) >= 11 is 0. The molecule has 0 aliphatic heterocycles. The highest BCUT2D eigenvalue weighted by atomic mass is 16.2. The lowest BCUT2D eigenvalue weighted by molar-refractivity contribution is 0.259. The number of nitrogens with two attached hydrogens (primary N) is 1. The summed E-state index contributed by atoms with van der Waals surface area (Å²) in [5.41, 5.74) is 7.62. The Morgan fingerprint density at radius 3 is 2.50 bits per heavy atom. The Morgan fingerprint density at radius 2 is 2.00 bits per heavy atom. The van der Waals surface area contributed by atoms with Gasteiger partial charge in [0.2, 0.25) is 0 Å². The van der Waals surface area contributed by atoms with Crippen LogP contribution in [0, 0.1) is 5.41 Å². The topological polar surface area (TPSA) is 67.2 Å². The van der Waals surface area contributed by atoms with Crippen molar-refractivity contribution in [3.8, 4) is 0 Å². The first-order valence-electron chi connectivity index (χ1n) is 7.44. The molecule has 4 N–H and O–H groups in total. The SMILES string of the molecule is CCCC1(CNC(C)c2ccc(NC(N)=O)cc2)CC1. The number of urea groups is 1. The van der Waals surface area contributed by atoms with Gasteiger partial charge in [-0.15, -0.1) is 0 Å². The molecule has 1 fully saturated rings. The molecular formula is C16H25N3O. The zero-order chi connectivity index (χ0) is 14.6. The second-order valence-corrected chi connectivity index (χ2v) is 5.96. The molecule has 0 spiro atoms. The minimum atomic E-state index is -0.529. The van der Waals surface area contributed by atoms with E-state index in [4.69, 9.17) is 5.73 Å². The minimum Gasteiger partial charge on any atom is -0.351 e. The van der Waals surface area contributed by atoms with Gasteiger partial charge in [0.15, 0.2) is 0 Å². The van der Waals surface area contributed by atoms with Crippen LogP contribution in [-0.2, 0) is 0 Å². The lowest BCUT2D eigenvalue weighted by Gasteiger charge is -2.20. The molecule has 20 heavy (non-hydrogen) atoms. The smallest absolute Gasteiger partial charge is 0.316 e. The van der Waals surface area contributed by atoms with Crippen LogP contribution in [0.4, 0.5) is 10.5 Å². The Hall–Kier alpha value is -1.55. The summed E-state index contributed by atoms with van der Waals surface area (Å²) in [6, 6.07) is 7.63. The van der Waals surface area contributed by atoms with Crippen LogP contribution in [-0.4, -0.2) is 12.6 Å². The number of hydrogen-bond donors (Lipinski definition) is 3. The summed E-state index contributed by atoms with van der Waals surface area (Å²) in [5, 5.41) is 6.21. The Morgan fingerprint density at radius 1 is 1.35 bits per heavy atom. The van der Waals surface area contributed by atoms with E-state index in [0.29, 0.717) is 11.5 Å². The summed E-state index contributed by atoms with van der Waals surface area (Å²) < 4.78 is 0. The molecule has 0 aromatic heterocycles. The van der Waals surface area contributed by atoms with Gasteiger partial charge in [-0.05, 0) is 49.3 Å². The van der Waals surface area contributed by atoms with Crippen molar-refractivity contribution >= 4 is 11.7 Å². The first-order chi connectivity index (χ1) is 9.54. The summed E-state index contributed by atoms with van der Waals surface area (Å²) in [7, 11) is 0. The first-order valence-corrected chi connectivity index (χ1v) is 7.44.